The molecule has 0 fully saturated rings. The lowest BCUT2D eigenvalue weighted by Crippen LogP contribution is -2.10. The molecular formula is C22H21ClINO4. The van der Waals surface area contributed by atoms with Crippen LogP contribution >= 0.6 is 34.2 Å². The van der Waals surface area contributed by atoms with Crippen molar-refractivity contribution in [3.05, 3.63) is 61.8 Å². The summed E-state index contributed by atoms with van der Waals surface area (Å²) in [5.74, 6) is 0.977. The van der Waals surface area contributed by atoms with Gasteiger partial charge in [-0.05, 0) is 84.8 Å². The van der Waals surface area contributed by atoms with Crippen LogP contribution in [0.5, 0.6) is 11.5 Å². The van der Waals surface area contributed by atoms with Crippen LogP contribution in [0.2, 0.25) is 5.02 Å². The Kier molecular flexibility index (Phi) is 7.18. The minimum atomic E-state index is -0.521. The predicted octanol–water partition coefficient (Wildman–Crippen LogP) is 5.87. The quantitative estimate of drug-likeness (QED) is 0.258. The fourth-order valence-corrected chi connectivity index (χ4v) is 3.31. The highest BCUT2D eigenvalue weighted by Crippen LogP contribution is 2.31. The zero-order valence-corrected chi connectivity index (χ0v) is 19.3. The van der Waals surface area contributed by atoms with E-state index in [1.807, 2.05) is 44.2 Å². The van der Waals surface area contributed by atoms with Gasteiger partial charge in [0, 0.05) is 3.57 Å². The molecule has 0 aromatic heterocycles. The normalized spacial score (nSPS) is 15.8. The van der Waals surface area contributed by atoms with Gasteiger partial charge < -0.3 is 14.2 Å². The maximum absolute atomic E-state index is 12.3. The number of carbonyl (C=O) groups excluding carboxylic acids is 1. The maximum atomic E-state index is 12.3. The first kappa shape index (κ1) is 21.6. The number of hydrogen-bond acceptors (Lipinski definition) is 5. The highest BCUT2D eigenvalue weighted by atomic mass is 127. The number of carbonyl (C=O) groups is 1. The monoisotopic (exact) mass is 525 g/mol. The van der Waals surface area contributed by atoms with Gasteiger partial charge in [-0.2, -0.15) is 0 Å². The van der Waals surface area contributed by atoms with Gasteiger partial charge in [0.15, 0.2) is 17.2 Å². The van der Waals surface area contributed by atoms with Gasteiger partial charge in [0.05, 0.1) is 23.3 Å². The summed E-state index contributed by atoms with van der Waals surface area (Å²) < 4.78 is 17.9. The number of hydrogen-bond donors (Lipinski definition) is 0. The van der Waals surface area contributed by atoms with Crippen molar-refractivity contribution < 1.29 is 19.0 Å². The molecule has 1 aliphatic heterocycles. The van der Waals surface area contributed by atoms with Gasteiger partial charge >= 0.3 is 5.97 Å². The Labute approximate surface area is 188 Å². The molecule has 0 saturated heterocycles. The van der Waals surface area contributed by atoms with E-state index in [9.17, 15) is 4.79 Å². The number of cyclic esters (lactones) is 1. The minimum absolute atomic E-state index is 0.0776. The van der Waals surface area contributed by atoms with Gasteiger partial charge in [-0.1, -0.05) is 24.6 Å². The summed E-state index contributed by atoms with van der Waals surface area (Å²) in [6.45, 7) is 6.48. The van der Waals surface area contributed by atoms with E-state index in [1.54, 1.807) is 12.1 Å². The number of ether oxygens (including phenoxy) is 3. The molecule has 2 aromatic rings. The molecule has 0 spiro atoms. The maximum Gasteiger partial charge on any atom is 0.363 e. The number of halogens is 2. The number of aliphatic imine (C=N–C) groups is 1. The van der Waals surface area contributed by atoms with E-state index in [4.69, 9.17) is 25.8 Å². The van der Waals surface area contributed by atoms with Crippen molar-refractivity contribution in [2.24, 2.45) is 4.99 Å². The van der Waals surface area contributed by atoms with Crippen LogP contribution in [0, 0.1) is 3.57 Å². The van der Waals surface area contributed by atoms with Gasteiger partial charge in [-0.3, -0.25) is 0 Å². The van der Waals surface area contributed by atoms with Crippen LogP contribution in [0.1, 0.15) is 38.3 Å². The van der Waals surface area contributed by atoms with Crippen LogP contribution in [-0.4, -0.2) is 24.6 Å². The summed E-state index contributed by atoms with van der Waals surface area (Å²) in [6.07, 6.45) is 2.63. The van der Waals surface area contributed by atoms with Crippen molar-refractivity contribution in [1.82, 2.24) is 0 Å². The van der Waals surface area contributed by atoms with Crippen LogP contribution < -0.4 is 9.47 Å². The molecule has 152 valence electrons. The molecular weight excluding hydrogens is 505 g/mol. The average molecular weight is 526 g/mol. The van der Waals surface area contributed by atoms with Gasteiger partial charge in [-0.15, -0.1) is 0 Å². The van der Waals surface area contributed by atoms with Crippen LogP contribution in [-0.2, 0) is 9.53 Å². The van der Waals surface area contributed by atoms with Gasteiger partial charge in [-0.25, -0.2) is 9.79 Å². The molecule has 7 heteroatoms. The number of rotatable bonds is 7. The third kappa shape index (κ3) is 5.30. The van der Waals surface area contributed by atoms with Crippen molar-refractivity contribution in [3.8, 4) is 11.5 Å². The van der Waals surface area contributed by atoms with E-state index < -0.39 is 5.97 Å². The predicted molar refractivity (Wildman–Crippen MR) is 123 cm³/mol. The third-order valence-corrected chi connectivity index (χ3v) is 5.25. The first-order chi connectivity index (χ1) is 13.9. The summed E-state index contributed by atoms with van der Waals surface area (Å²) in [4.78, 5) is 16.7. The van der Waals surface area contributed by atoms with Crippen LogP contribution in [0.15, 0.2) is 47.1 Å². The smallest absolute Gasteiger partial charge is 0.363 e. The van der Waals surface area contributed by atoms with E-state index in [0.717, 1.165) is 15.6 Å². The lowest BCUT2D eigenvalue weighted by molar-refractivity contribution is -0.129. The molecule has 0 bridgehead atoms. The molecule has 1 aliphatic rings. The van der Waals surface area contributed by atoms with E-state index in [0.29, 0.717) is 28.7 Å². The largest absolute Gasteiger partial charge is 0.490 e. The minimum Gasteiger partial charge on any atom is -0.490 e. The molecule has 5 nitrogen and oxygen atoms in total. The molecule has 1 heterocycles. The van der Waals surface area contributed by atoms with Crippen molar-refractivity contribution in [2.75, 3.05) is 6.61 Å². The second kappa shape index (κ2) is 9.63. The molecule has 0 aliphatic carbocycles. The van der Waals surface area contributed by atoms with Crippen LogP contribution in [0.3, 0.4) is 0 Å². The summed E-state index contributed by atoms with van der Waals surface area (Å²) >= 11 is 8.40. The first-order valence-electron chi connectivity index (χ1n) is 9.32. The number of esters is 1. The lowest BCUT2D eigenvalue weighted by Gasteiger charge is -2.16. The molecule has 1 unspecified atom stereocenters. The van der Waals surface area contributed by atoms with E-state index in [1.165, 1.54) is 0 Å². The fraction of sp³-hybridized carbons (Fsp3) is 0.273. The molecule has 29 heavy (non-hydrogen) atoms. The molecule has 1 atom stereocenters. The second-order valence-corrected chi connectivity index (χ2v) is 8.09. The molecule has 0 radical (unpaired) electrons. The van der Waals surface area contributed by atoms with Crippen LogP contribution in [0.25, 0.3) is 6.08 Å². The Morgan fingerprint density at radius 2 is 2.00 bits per heavy atom. The van der Waals surface area contributed by atoms with E-state index in [-0.39, 0.29) is 17.7 Å². The summed E-state index contributed by atoms with van der Waals surface area (Å²) in [7, 11) is 0. The topological polar surface area (TPSA) is 57.1 Å². The zero-order valence-electron chi connectivity index (χ0n) is 16.4. The standard InChI is InChI=1S/C22H21ClINO4/c1-4-13(3)28-19-9-6-14(11-20(19)27-5-2)10-18-22(26)29-21(25-18)16-12-15(24)7-8-17(16)23/h6-13H,4-5H2,1-3H3/b18-10-. The number of benzene rings is 2. The number of nitrogens with zero attached hydrogens (tertiary/aromatic N) is 1. The molecule has 3 rings (SSSR count). The second-order valence-electron chi connectivity index (χ2n) is 6.44. The van der Waals surface area contributed by atoms with Crippen molar-refractivity contribution >= 4 is 52.1 Å². The molecule has 2 aromatic carbocycles. The van der Waals surface area contributed by atoms with Crippen LogP contribution in [0.4, 0.5) is 0 Å². The van der Waals surface area contributed by atoms with Crippen molar-refractivity contribution in [1.29, 1.82) is 0 Å². The summed E-state index contributed by atoms with van der Waals surface area (Å²) in [5, 5.41) is 0.475. The zero-order chi connectivity index (χ0) is 21.0. The fourth-order valence-electron chi connectivity index (χ4n) is 2.62. The first-order valence-corrected chi connectivity index (χ1v) is 10.8. The average Bonchev–Trinajstić information content (AvgIpc) is 3.06. The molecule has 0 N–H and O–H groups in total. The van der Waals surface area contributed by atoms with Crippen molar-refractivity contribution in [3.63, 3.8) is 0 Å². The Balaban J connectivity index is 1.92. The van der Waals surface area contributed by atoms with Gasteiger partial charge in [0.25, 0.3) is 0 Å². The molecule has 0 amide bonds. The molecule has 0 saturated carbocycles. The van der Waals surface area contributed by atoms with E-state index >= 15 is 0 Å². The van der Waals surface area contributed by atoms with Gasteiger partial charge in [0.2, 0.25) is 5.90 Å². The van der Waals surface area contributed by atoms with E-state index in [2.05, 4.69) is 34.5 Å². The summed E-state index contributed by atoms with van der Waals surface area (Å²) in [6, 6.07) is 11.0. The Bertz CT molecular complexity index is 987. The Morgan fingerprint density at radius 3 is 2.72 bits per heavy atom. The third-order valence-electron chi connectivity index (χ3n) is 4.25. The van der Waals surface area contributed by atoms with Gasteiger partial charge in [0.1, 0.15) is 0 Å². The Hall–Kier alpha value is -2.06. The lowest BCUT2D eigenvalue weighted by atomic mass is 10.1. The van der Waals surface area contributed by atoms with Crippen molar-refractivity contribution in [2.45, 2.75) is 33.3 Å². The highest BCUT2D eigenvalue weighted by molar-refractivity contribution is 14.1. The highest BCUT2D eigenvalue weighted by Gasteiger charge is 2.26. The summed E-state index contributed by atoms with van der Waals surface area (Å²) in [5.41, 5.74) is 1.55. The SMILES string of the molecule is CCOc1cc(/C=C2\N=C(c3cc(I)ccc3Cl)OC2=O)ccc1OC(C)CC. The Morgan fingerprint density at radius 1 is 1.21 bits per heavy atom.